The predicted molar refractivity (Wildman–Crippen MR) is 144 cm³/mol. The molecule has 3 aromatic rings. The van der Waals surface area contributed by atoms with Gasteiger partial charge in [-0.25, -0.2) is 13.4 Å². The molecule has 2 aromatic carbocycles. The van der Waals surface area contributed by atoms with Crippen LogP contribution in [0.4, 0.5) is 5.82 Å². The third kappa shape index (κ3) is 5.03. The maximum absolute atomic E-state index is 13.5. The Bertz CT molecular complexity index is 1370. The molecule has 1 aromatic heterocycles. The molecule has 1 saturated carbocycles. The fourth-order valence-corrected chi connectivity index (χ4v) is 7.35. The number of hydrogen-bond acceptors (Lipinski definition) is 5. The number of hydrogen-bond donors (Lipinski definition) is 2. The SMILES string of the molecule is O=C(Nc1cccc(-c2ccc(S(=O)(=O)N3CCC[C@@H]3CO)cc2)n1)C1(c2ccc(Cl)cc2)CCCC1. The van der Waals surface area contributed by atoms with Crippen LogP contribution in [-0.2, 0) is 20.2 Å². The number of benzene rings is 2. The number of anilines is 1. The van der Waals surface area contributed by atoms with Gasteiger partial charge >= 0.3 is 0 Å². The standard InChI is InChI=1S/C28H30ClN3O4S/c29-22-12-10-21(11-13-22)28(16-1-2-17-28)27(34)31-26-7-3-6-25(30-26)20-8-14-24(15-9-20)37(35,36)32-18-4-5-23(32)19-33/h3,6-15,23,33H,1-2,4-5,16-19H2,(H,30,31,34)/t23-/m1/s1. The Morgan fingerprint density at radius 1 is 1.03 bits per heavy atom. The normalized spacial score (nSPS) is 19.7. The summed E-state index contributed by atoms with van der Waals surface area (Å²) in [5.41, 5.74) is 1.72. The van der Waals surface area contributed by atoms with Crippen LogP contribution in [0.3, 0.4) is 0 Å². The number of amides is 1. The predicted octanol–water partition coefficient (Wildman–Crippen LogP) is 5.00. The van der Waals surface area contributed by atoms with E-state index < -0.39 is 15.4 Å². The molecule has 1 aliphatic heterocycles. The molecule has 37 heavy (non-hydrogen) atoms. The lowest BCUT2D eigenvalue weighted by Crippen LogP contribution is -2.38. The molecule has 1 atom stereocenters. The average Bonchev–Trinajstić information content (AvgIpc) is 3.60. The van der Waals surface area contributed by atoms with Gasteiger partial charge in [-0.05, 0) is 67.6 Å². The Hall–Kier alpha value is -2.78. The lowest BCUT2D eigenvalue weighted by molar-refractivity contribution is -0.121. The van der Waals surface area contributed by atoms with Crippen molar-refractivity contribution in [3.8, 4) is 11.3 Å². The molecular formula is C28H30ClN3O4S. The lowest BCUT2D eigenvalue weighted by atomic mass is 9.78. The molecule has 194 valence electrons. The van der Waals surface area contributed by atoms with Crippen LogP contribution in [0.25, 0.3) is 11.3 Å². The van der Waals surface area contributed by atoms with Gasteiger partial charge in [-0.2, -0.15) is 4.31 Å². The molecule has 0 bridgehead atoms. The smallest absolute Gasteiger partial charge is 0.243 e. The van der Waals surface area contributed by atoms with Crippen molar-refractivity contribution >= 4 is 33.3 Å². The van der Waals surface area contributed by atoms with E-state index in [1.165, 1.54) is 4.31 Å². The summed E-state index contributed by atoms with van der Waals surface area (Å²) >= 11 is 6.07. The van der Waals surface area contributed by atoms with Crippen molar-refractivity contribution in [2.24, 2.45) is 0 Å². The van der Waals surface area contributed by atoms with Gasteiger partial charge in [-0.3, -0.25) is 4.79 Å². The summed E-state index contributed by atoms with van der Waals surface area (Å²) in [4.78, 5) is 18.4. The van der Waals surface area contributed by atoms with Crippen molar-refractivity contribution in [1.29, 1.82) is 0 Å². The Balaban J connectivity index is 1.36. The number of halogens is 1. The summed E-state index contributed by atoms with van der Waals surface area (Å²) < 4.78 is 27.5. The van der Waals surface area contributed by atoms with Gasteiger partial charge in [0.2, 0.25) is 15.9 Å². The first kappa shape index (κ1) is 25.9. The van der Waals surface area contributed by atoms with Crippen molar-refractivity contribution in [3.05, 3.63) is 77.3 Å². The van der Waals surface area contributed by atoms with Crippen molar-refractivity contribution in [3.63, 3.8) is 0 Å². The first-order chi connectivity index (χ1) is 17.8. The number of sulfonamides is 1. The van der Waals surface area contributed by atoms with Crippen LogP contribution < -0.4 is 5.32 Å². The van der Waals surface area contributed by atoms with Gasteiger partial charge in [0.1, 0.15) is 5.82 Å². The van der Waals surface area contributed by atoms with Crippen LogP contribution in [0.1, 0.15) is 44.1 Å². The molecule has 1 amide bonds. The lowest BCUT2D eigenvalue weighted by Gasteiger charge is -2.28. The maximum atomic E-state index is 13.5. The molecule has 9 heteroatoms. The largest absolute Gasteiger partial charge is 0.395 e. The second kappa shape index (κ2) is 10.5. The molecule has 2 fully saturated rings. The van der Waals surface area contributed by atoms with Gasteiger partial charge in [-0.15, -0.1) is 0 Å². The second-order valence-corrected chi connectivity index (χ2v) is 12.1. The molecule has 5 rings (SSSR count). The summed E-state index contributed by atoms with van der Waals surface area (Å²) in [5, 5.41) is 13.2. The molecule has 0 spiro atoms. The van der Waals surface area contributed by atoms with Crippen LogP contribution in [-0.4, -0.2) is 47.9 Å². The number of nitrogens with one attached hydrogen (secondary N) is 1. The second-order valence-electron chi connectivity index (χ2n) is 9.78. The van der Waals surface area contributed by atoms with Gasteiger partial charge < -0.3 is 10.4 Å². The van der Waals surface area contributed by atoms with Gasteiger partial charge in [0.05, 0.1) is 22.6 Å². The first-order valence-corrected chi connectivity index (χ1v) is 14.4. The Labute approximate surface area is 222 Å². The average molecular weight is 540 g/mol. The van der Waals surface area contributed by atoms with Gasteiger partial charge in [0.15, 0.2) is 0 Å². The van der Waals surface area contributed by atoms with Crippen molar-refractivity contribution in [2.45, 2.75) is 54.9 Å². The van der Waals surface area contributed by atoms with E-state index in [2.05, 4.69) is 10.3 Å². The van der Waals surface area contributed by atoms with Crippen molar-refractivity contribution in [1.82, 2.24) is 9.29 Å². The fraction of sp³-hybridized carbons (Fsp3) is 0.357. The van der Waals surface area contributed by atoms with E-state index >= 15 is 0 Å². The van der Waals surface area contributed by atoms with Crippen LogP contribution in [0, 0.1) is 0 Å². The first-order valence-electron chi connectivity index (χ1n) is 12.6. The monoisotopic (exact) mass is 539 g/mol. The third-order valence-corrected chi connectivity index (χ3v) is 9.79. The Morgan fingerprint density at radius 3 is 2.41 bits per heavy atom. The number of aromatic nitrogens is 1. The number of nitrogens with zero attached hydrogens (tertiary/aromatic N) is 2. The maximum Gasteiger partial charge on any atom is 0.243 e. The molecule has 0 radical (unpaired) electrons. The minimum atomic E-state index is -3.68. The zero-order valence-electron chi connectivity index (χ0n) is 20.4. The zero-order chi connectivity index (χ0) is 26.0. The molecule has 2 N–H and O–H groups in total. The summed E-state index contributed by atoms with van der Waals surface area (Å²) in [5.74, 6) is 0.366. The van der Waals surface area contributed by atoms with Crippen molar-refractivity contribution < 1.29 is 18.3 Å². The number of carbonyl (C=O) groups is 1. The van der Waals surface area contributed by atoms with E-state index in [1.807, 2.05) is 36.4 Å². The molecule has 2 heterocycles. The molecule has 1 saturated heterocycles. The fourth-order valence-electron chi connectivity index (χ4n) is 5.54. The van der Waals surface area contributed by atoms with E-state index in [0.29, 0.717) is 29.5 Å². The van der Waals surface area contributed by atoms with E-state index in [4.69, 9.17) is 11.6 Å². The number of carbonyl (C=O) groups excluding carboxylic acids is 1. The highest BCUT2D eigenvalue weighted by Gasteiger charge is 2.43. The molecule has 7 nitrogen and oxygen atoms in total. The van der Waals surface area contributed by atoms with Crippen LogP contribution in [0.5, 0.6) is 0 Å². The van der Waals surface area contributed by atoms with Crippen molar-refractivity contribution in [2.75, 3.05) is 18.5 Å². The van der Waals surface area contributed by atoms with Gasteiger partial charge in [-0.1, -0.05) is 54.8 Å². The molecule has 1 aliphatic carbocycles. The minimum absolute atomic E-state index is 0.0811. The van der Waals surface area contributed by atoms with Crippen LogP contribution in [0.15, 0.2) is 71.6 Å². The highest BCUT2D eigenvalue weighted by molar-refractivity contribution is 7.89. The summed E-state index contributed by atoms with van der Waals surface area (Å²) in [7, 11) is -3.68. The summed E-state index contributed by atoms with van der Waals surface area (Å²) in [6, 6.07) is 19.1. The number of pyridine rings is 1. The van der Waals surface area contributed by atoms with E-state index in [0.717, 1.165) is 43.2 Å². The number of rotatable bonds is 7. The van der Waals surface area contributed by atoms with E-state index in [-0.39, 0.29) is 23.5 Å². The molecular weight excluding hydrogens is 510 g/mol. The van der Waals surface area contributed by atoms with Crippen LogP contribution in [0.2, 0.25) is 5.02 Å². The molecule has 2 aliphatic rings. The van der Waals surface area contributed by atoms with E-state index in [9.17, 15) is 18.3 Å². The highest BCUT2D eigenvalue weighted by atomic mass is 35.5. The quantitative estimate of drug-likeness (QED) is 0.440. The van der Waals surface area contributed by atoms with Crippen LogP contribution >= 0.6 is 11.6 Å². The topological polar surface area (TPSA) is 99.6 Å². The number of aliphatic hydroxyl groups is 1. The highest BCUT2D eigenvalue weighted by Crippen LogP contribution is 2.42. The zero-order valence-corrected chi connectivity index (χ0v) is 22.0. The van der Waals surface area contributed by atoms with Gasteiger partial charge in [0, 0.05) is 23.2 Å². The third-order valence-electron chi connectivity index (χ3n) is 7.57. The minimum Gasteiger partial charge on any atom is -0.395 e. The van der Waals surface area contributed by atoms with E-state index in [1.54, 1.807) is 30.3 Å². The molecule has 0 unspecified atom stereocenters. The van der Waals surface area contributed by atoms with Gasteiger partial charge in [0.25, 0.3) is 0 Å². The Morgan fingerprint density at radius 2 is 1.73 bits per heavy atom. The summed E-state index contributed by atoms with van der Waals surface area (Å²) in [6.07, 6.45) is 4.90. The Kier molecular flexibility index (Phi) is 7.36. The summed E-state index contributed by atoms with van der Waals surface area (Å²) in [6.45, 7) is 0.231. The number of aliphatic hydroxyl groups excluding tert-OH is 1.